The van der Waals surface area contributed by atoms with Crippen LogP contribution in [0.2, 0.25) is 5.02 Å². The smallest absolute Gasteiger partial charge is 0.140 e. The van der Waals surface area contributed by atoms with E-state index in [1.165, 1.54) is 0 Å². The van der Waals surface area contributed by atoms with Gasteiger partial charge in [0.15, 0.2) is 0 Å². The van der Waals surface area contributed by atoms with Crippen LogP contribution < -0.4 is 5.32 Å². The van der Waals surface area contributed by atoms with Gasteiger partial charge in [0.25, 0.3) is 0 Å². The first-order valence-electron chi connectivity index (χ1n) is 6.76. The van der Waals surface area contributed by atoms with E-state index in [0.29, 0.717) is 5.02 Å². The third-order valence-electron chi connectivity index (χ3n) is 3.60. The van der Waals surface area contributed by atoms with Gasteiger partial charge in [-0.15, -0.1) is 0 Å². The van der Waals surface area contributed by atoms with Crippen molar-refractivity contribution in [3.05, 3.63) is 27.2 Å². The lowest BCUT2D eigenvalue weighted by atomic mass is 9.99. The molecule has 1 saturated heterocycles. The zero-order valence-electron chi connectivity index (χ0n) is 11.1. The van der Waals surface area contributed by atoms with Gasteiger partial charge in [0.2, 0.25) is 0 Å². The molecule has 0 bridgehead atoms. The molecule has 2 N–H and O–H groups in total. The summed E-state index contributed by atoms with van der Waals surface area (Å²) in [4.78, 5) is 2.43. The normalized spacial score (nSPS) is 18.5. The molecule has 1 heterocycles. The first-order chi connectivity index (χ1) is 9.15. The summed E-state index contributed by atoms with van der Waals surface area (Å²) in [5, 5.41) is 14.1. The second-order valence-electron chi connectivity index (χ2n) is 4.88. The maximum absolute atomic E-state index is 10.3. The topological polar surface area (TPSA) is 35.5 Å². The van der Waals surface area contributed by atoms with Crippen LogP contribution in [0, 0.1) is 0 Å². The van der Waals surface area contributed by atoms with E-state index in [2.05, 4.69) is 33.1 Å². The average molecular weight is 348 g/mol. The van der Waals surface area contributed by atoms with Crippen LogP contribution in [0.5, 0.6) is 5.75 Å². The van der Waals surface area contributed by atoms with E-state index < -0.39 is 0 Å². The number of halogens is 2. The van der Waals surface area contributed by atoms with Crippen LogP contribution in [0.1, 0.15) is 31.4 Å². The van der Waals surface area contributed by atoms with Gasteiger partial charge in [-0.05, 0) is 18.6 Å². The maximum Gasteiger partial charge on any atom is 0.140 e. The molecular formula is C14H20BrClN2O. The molecule has 1 aliphatic heterocycles. The molecule has 3 nitrogen and oxygen atoms in total. The summed E-state index contributed by atoms with van der Waals surface area (Å²) in [6.07, 6.45) is 2.10. The predicted molar refractivity (Wildman–Crippen MR) is 82.9 cm³/mol. The van der Waals surface area contributed by atoms with Crippen molar-refractivity contribution < 1.29 is 5.11 Å². The number of nitrogens with one attached hydrogen (secondary N) is 1. The Morgan fingerprint density at radius 3 is 2.74 bits per heavy atom. The molecular weight excluding hydrogens is 328 g/mol. The summed E-state index contributed by atoms with van der Waals surface area (Å²) >= 11 is 9.62. The van der Waals surface area contributed by atoms with Crippen molar-refractivity contribution in [2.24, 2.45) is 0 Å². The summed E-state index contributed by atoms with van der Waals surface area (Å²) in [6.45, 7) is 6.18. The monoisotopic (exact) mass is 346 g/mol. The summed E-state index contributed by atoms with van der Waals surface area (Å²) in [7, 11) is 0. The molecule has 5 heteroatoms. The van der Waals surface area contributed by atoms with Gasteiger partial charge >= 0.3 is 0 Å². The van der Waals surface area contributed by atoms with Crippen LogP contribution in [0.15, 0.2) is 16.6 Å². The lowest BCUT2D eigenvalue weighted by Crippen LogP contribution is -2.45. The number of aromatic hydroxyl groups is 1. The van der Waals surface area contributed by atoms with Crippen LogP contribution in [0.4, 0.5) is 0 Å². The molecule has 0 radical (unpaired) electrons. The quantitative estimate of drug-likeness (QED) is 0.874. The minimum atomic E-state index is 0.216. The van der Waals surface area contributed by atoms with Crippen LogP contribution in [0.3, 0.4) is 0 Å². The Hall–Kier alpha value is -0.290. The Morgan fingerprint density at radius 1 is 1.42 bits per heavy atom. The van der Waals surface area contributed by atoms with E-state index in [0.717, 1.165) is 49.1 Å². The molecule has 19 heavy (non-hydrogen) atoms. The highest BCUT2D eigenvalue weighted by Crippen LogP contribution is 2.41. The van der Waals surface area contributed by atoms with Gasteiger partial charge in [0.05, 0.1) is 5.02 Å². The third-order valence-corrected chi connectivity index (χ3v) is 4.60. The third kappa shape index (κ3) is 3.43. The van der Waals surface area contributed by atoms with Crippen LogP contribution in [-0.4, -0.2) is 36.2 Å². The molecule has 2 rings (SSSR count). The van der Waals surface area contributed by atoms with E-state index >= 15 is 0 Å². The Bertz CT molecular complexity index is 436. The van der Waals surface area contributed by atoms with Crippen molar-refractivity contribution in [3.8, 4) is 5.75 Å². The molecule has 0 spiro atoms. The lowest BCUT2D eigenvalue weighted by Gasteiger charge is -2.36. The molecule has 1 fully saturated rings. The largest absolute Gasteiger partial charge is 0.506 e. The second kappa shape index (κ2) is 6.93. The molecule has 0 saturated carbocycles. The highest BCUT2D eigenvalue weighted by atomic mass is 79.9. The minimum absolute atomic E-state index is 0.216. The van der Waals surface area contributed by atoms with E-state index in [9.17, 15) is 5.11 Å². The van der Waals surface area contributed by atoms with Crippen LogP contribution >= 0.6 is 27.5 Å². The van der Waals surface area contributed by atoms with E-state index in [1.807, 2.05) is 6.07 Å². The van der Waals surface area contributed by atoms with Gasteiger partial charge in [-0.1, -0.05) is 40.9 Å². The van der Waals surface area contributed by atoms with Gasteiger partial charge in [0, 0.05) is 42.3 Å². The fourth-order valence-corrected chi connectivity index (χ4v) is 3.40. The van der Waals surface area contributed by atoms with Crippen molar-refractivity contribution in [3.63, 3.8) is 0 Å². The summed E-state index contributed by atoms with van der Waals surface area (Å²) in [6, 6.07) is 3.87. The number of phenols is 1. The van der Waals surface area contributed by atoms with Crippen molar-refractivity contribution in [2.75, 3.05) is 26.2 Å². The Morgan fingerprint density at radius 2 is 2.11 bits per heavy atom. The van der Waals surface area contributed by atoms with Gasteiger partial charge < -0.3 is 10.4 Å². The highest BCUT2D eigenvalue weighted by Gasteiger charge is 2.26. The number of phenolic OH excluding ortho intramolecular Hbond substituents is 1. The zero-order chi connectivity index (χ0) is 13.8. The molecule has 0 amide bonds. The second-order valence-corrected chi connectivity index (χ2v) is 6.14. The van der Waals surface area contributed by atoms with Crippen LogP contribution in [-0.2, 0) is 0 Å². The van der Waals surface area contributed by atoms with Crippen molar-refractivity contribution in [1.82, 2.24) is 10.2 Å². The number of rotatable bonds is 4. The van der Waals surface area contributed by atoms with Crippen molar-refractivity contribution >= 4 is 27.5 Å². The Balaban J connectivity index is 2.35. The number of piperazine rings is 1. The fourth-order valence-electron chi connectivity index (χ4n) is 2.65. The molecule has 1 atom stereocenters. The summed E-state index contributed by atoms with van der Waals surface area (Å²) < 4.78 is 0.936. The Kier molecular flexibility index (Phi) is 5.51. The van der Waals surface area contributed by atoms with Crippen molar-refractivity contribution in [1.29, 1.82) is 0 Å². The average Bonchev–Trinajstić information content (AvgIpc) is 2.43. The Labute approximate surface area is 128 Å². The molecule has 106 valence electrons. The number of hydrogen-bond acceptors (Lipinski definition) is 3. The van der Waals surface area contributed by atoms with Gasteiger partial charge in [-0.25, -0.2) is 0 Å². The van der Waals surface area contributed by atoms with E-state index in [1.54, 1.807) is 6.07 Å². The molecule has 1 aromatic rings. The zero-order valence-corrected chi connectivity index (χ0v) is 13.5. The number of nitrogens with zero attached hydrogens (tertiary/aromatic N) is 1. The molecule has 0 aliphatic carbocycles. The maximum atomic E-state index is 10.3. The first kappa shape index (κ1) is 15.1. The van der Waals surface area contributed by atoms with Gasteiger partial charge in [-0.2, -0.15) is 0 Å². The van der Waals surface area contributed by atoms with Crippen molar-refractivity contribution in [2.45, 2.75) is 25.8 Å². The van der Waals surface area contributed by atoms with Crippen LogP contribution in [0.25, 0.3) is 0 Å². The lowest BCUT2D eigenvalue weighted by molar-refractivity contribution is 0.161. The van der Waals surface area contributed by atoms with E-state index in [4.69, 9.17) is 11.6 Å². The fraction of sp³-hybridized carbons (Fsp3) is 0.571. The highest BCUT2D eigenvalue weighted by molar-refractivity contribution is 9.10. The molecule has 1 aliphatic rings. The molecule has 1 aromatic carbocycles. The summed E-state index contributed by atoms with van der Waals surface area (Å²) in [5.41, 5.74) is 0.927. The SMILES string of the molecule is CCC[C@@H](c1c(Br)ccc(Cl)c1O)N1CCNCC1. The molecule has 0 unspecified atom stereocenters. The number of hydrogen-bond donors (Lipinski definition) is 2. The predicted octanol–water partition coefficient (Wildman–Crippen LogP) is 3.55. The standard InChI is InChI=1S/C14H20BrClN2O/c1-2-3-12(18-8-6-17-7-9-18)13-10(15)4-5-11(16)14(13)19/h4-5,12,17,19H,2-3,6-9H2,1H3/t12-/m0/s1. The number of benzene rings is 1. The van der Waals surface area contributed by atoms with Gasteiger partial charge in [-0.3, -0.25) is 4.90 Å². The minimum Gasteiger partial charge on any atom is -0.506 e. The first-order valence-corrected chi connectivity index (χ1v) is 7.94. The van der Waals surface area contributed by atoms with E-state index in [-0.39, 0.29) is 11.8 Å². The summed E-state index contributed by atoms with van der Waals surface area (Å²) in [5.74, 6) is 0.216. The van der Waals surface area contributed by atoms with Gasteiger partial charge in [0.1, 0.15) is 5.75 Å². The molecule has 0 aromatic heterocycles.